The summed E-state index contributed by atoms with van der Waals surface area (Å²) in [6.07, 6.45) is 0.828. The Balaban J connectivity index is 2.16. The molecule has 0 saturated carbocycles. The fourth-order valence-corrected chi connectivity index (χ4v) is 3.47. The van der Waals surface area contributed by atoms with Gasteiger partial charge in [-0.3, -0.25) is 9.36 Å². The predicted molar refractivity (Wildman–Crippen MR) is 102 cm³/mol. The number of hydrogen-bond donors (Lipinski definition) is 2. The molecule has 0 aliphatic rings. The number of aromatic nitrogens is 3. The number of H-pyrrole nitrogens is 1. The number of nitrogens with one attached hydrogen (secondary N) is 2. The van der Waals surface area contributed by atoms with Crippen LogP contribution in [0.15, 0.2) is 28.2 Å². The maximum Gasteiger partial charge on any atom is 0.343 e. The second kappa shape index (κ2) is 8.38. The maximum absolute atomic E-state index is 12.7. The van der Waals surface area contributed by atoms with Crippen molar-refractivity contribution in [1.82, 2.24) is 14.8 Å². The van der Waals surface area contributed by atoms with E-state index in [0.717, 1.165) is 23.2 Å². The molecule has 1 amide bonds. The van der Waals surface area contributed by atoms with Gasteiger partial charge in [0.25, 0.3) is 0 Å². The number of para-hydroxylation sites is 1. The normalized spacial score (nSPS) is 12.4. The molecule has 1 atom stereocenters. The van der Waals surface area contributed by atoms with Crippen LogP contribution in [0.5, 0.6) is 0 Å². The van der Waals surface area contributed by atoms with E-state index in [2.05, 4.69) is 29.4 Å². The van der Waals surface area contributed by atoms with E-state index in [0.29, 0.717) is 17.6 Å². The van der Waals surface area contributed by atoms with Crippen molar-refractivity contribution >= 4 is 23.4 Å². The van der Waals surface area contributed by atoms with Gasteiger partial charge in [0.2, 0.25) is 5.91 Å². The summed E-state index contributed by atoms with van der Waals surface area (Å²) in [4.78, 5) is 24.4. The molecule has 2 N–H and O–H groups in total. The zero-order valence-corrected chi connectivity index (χ0v) is 16.2. The highest BCUT2D eigenvalue weighted by Gasteiger charge is 2.21. The number of nitrogens with zero attached hydrogens (tertiary/aromatic N) is 2. The monoisotopic (exact) mass is 362 g/mol. The number of benzene rings is 1. The van der Waals surface area contributed by atoms with Gasteiger partial charge in [0.05, 0.1) is 5.25 Å². The van der Waals surface area contributed by atoms with E-state index in [1.165, 1.54) is 11.8 Å². The van der Waals surface area contributed by atoms with E-state index in [1.807, 2.05) is 39.0 Å². The average Bonchev–Trinajstić information content (AvgIpc) is 2.90. The van der Waals surface area contributed by atoms with Gasteiger partial charge in [-0.05, 0) is 37.3 Å². The molecule has 0 saturated heterocycles. The third-order valence-corrected chi connectivity index (χ3v) is 5.09. The van der Waals surface area contributed by atoms with Gasteiger partial charge in [0.1, 0.15) is 0 Å². The van der Waals surface area contributed by atoms with Crippen LogP contribution in [-0.2, 0) is 11.3 Å². The molecular formula is C18H26N4O2S. The molecule has 0 bridgehead atoms. The largest absolute Gasteiger partial charge is 0.343 e. The summed E-state index contributed by atoms with van der Waals surface area (Å²) >= 11 is 1.29. The molecule has 25 heavy (non-hydrogen) atoms. The number of rotatable bonds is 7. The topological polar surface area (TPSA) is 79.8 Å². The number of hydrogen-bond acceptors (Lipinski definition) is 4. The summed E-state index contributed by atoms with van der Waals surface area (Å²) in [5.41, 5.74) is 2.80. The van der Waals surface area contributed by atoms with Crippen LogP contribution in [0.3, 0.4) is 0 Å². The quantitative estimate of drug-likeness (QED) is 0.739. The SMILES string of the molecule is CCCn1c(S[C@H](C)C(=O)Nc2c(C)cccc2C(C)C)n[nH]c1=O. The first-order valence-corrected chi connectivity index (χ1v) is 9.45. The Bertz CT molecular complexity index is 795. The van der Waals surface area contributed by atoms with Crippen LogP contribution in [0.1, 0.15) is 51.2 Å². The van der Waals surface area contributed by atoms with Crippen molar-refractivity contribution in [3.8, 4) is 0 Å². The van der Waals surface area contributed by atoms with Crippen LogP contribution in [-0.4, -0.2) is 25.9 Å². The molecule has 0 aliphatic carbocycles. The van der Waals surface area contributed by atoms with E-state index in [4.69, 9.17) is 0 Å². The van der Waals surface area contributed by atoms with E-state index >= 15 is 0 Å². The Kier molecular flexibility index (Phi) is 6.47. The summed E-state index contributed by atoms with van der Waals surface area (Å²) in [5, 5.41) is 9.72. The van der Waals surface area contributed by atoms with Gasteiger partial charge in [-0.25, -0.2) is 9.89 Å². The van der Waals surface area contributed by atoms with Crippen molar-refractivity contribution in [3.05, 3.63) is 39.8 Å². The fourth-order valence-electron chi connectivity index (χ4n) is 2.59. The van der Waals surface area contributed by atoms with Crippen LogP contribution in [0.2, 0.25) is 0 Å². The van der Waals surface area contributed by atoms with Gasteiger partial charge in [0, 0.05) is 12.2 Å². The van der Waals surface area contributed by atoms with Gasteiger partial charge >= 0.3 is 5.69 Å². The number of amides is 1. The third-order valence-electron chi connectivity index (χ3n) is 4.00. The summed E-state index contributed by atoms with van der Waals surface area (Å²) in [7, 11) is 0. The Hall–Kier alpha value is -2.02. The molecule has 0 unspecified atom stereocenters. The lowest BCUT2D eigenvalue weighted by atomic mass is 9.98. The minimum atomic E-state index is -0.370. The number of anilines is 1. The number of carbonyl (C=O) groups excluding carboxylic acids is 1. The summed E-state index contributed by atoms with van der Waals surface area (Å²) in [5.74, 6) is 0.221. The first kappa shape index (κ1) is 19.3. The van der Waals surface area contributed by atoms with Crippen LogP contribution in [0, 0.1) is 6.92 Å². The van der Waals surface area contributed by atoms with Crippen molar-refractivity contribution in [1.29, 1.82) is 0 Å². The van der Waals surface area contributed by atoms with Gasteiger partial charge in [-0.1, -0.05) is 50.7 Å². The predicted octanol–water partition coefficient (Wildman–Crippen LogP) is 3.53. The summed E-state index contributed by atoms with van der Waals surface area (Å²) in [6.45, 7) is 10.6. The molecule has 0 fully saturated rings. The van der Waals surface area contributed by atoms with Crippen molar-refractivity contribution in [2.75, 3.05) is 5.32 Å². The number of carbonyl (C=O) groups is 1. The Labute approximate surface area is 152 Å². The van der Waals surface area contributed by atoms with E-state index in [-0.39, 0.29) is 16.8 Å². The molecule has 1 heterocycles. The lowest BCUT2D eigenvalue weighted by Crippen LogP contribution is -2.25. The van der Waals surface area contributed by atoms with E-state index in [9.17, 15) is 9.59 Å². The van der Waals surface area contributed by atoms with Crippen LogP contribution in [0.4, 0.5) is 5.69 Å². The lowest BCUT2D eigenvalue weighted by Gasteiger charge is -2.18. The maximum atomic E-state index is 12.7. The van der Waals surface area contributed by atoms with Crippen LogP contribution >= 0.6 is 11.8 Å². The van der Waals surface area contributed by atoms with Gasteiger partial charge in [0.15, 0.2) is 5.16 Å². The number of aromatic amines is 1. The molecule has 1 aromatic carbocycles. The molecular weight excluding hydrogens is 336 g/mol. The zero-order chi connectivity index (χ0) is 18.6. The minimum Gasteiger partial charge on any atom is -0.325 e. The smallest absolute Gasteiger partial charge is 0.325 e. The van der Waals surface area contributed by atoms with Crippen molar-refractivity contribution in [3.63, 3.8) is 0 Å². The van der Waals surface area contributed by atoms with Gasteiger partial charge in [-0.15, -0.1) is 5.10 Å². The minimum absolute atomic E-state index is 0.0975. The molecule has 7 heteroatoms. The first-order chi connectivity index (χ1) is 11.8. The lowest BCUT2D eigenvalue weighted by molar-refractivity contribution is -0.115. The highest BCUT2D eigenvalue weighted by molar-refractivity contribution is 8.00. The first-order valence-electron chi connectivity index (χ1n) is 8.57. The number of thioether (sulfide) groups is 1. The second-order valence-corrected chi connectivity index (χ2v) is 7.71. The van der Waals surface area contributed by atoms with Gasteiger partial charge < -0.3 is 5.32 Å². The molecule has 2 rings (SSSR count). The van der Waals surface area contributed by atoms with Crippen LogP contribution in [0.25, 0.3) is 0 Å². The zero-order valence-electron chi connectivity index (χ0n) is 15.4. The Morgan fingerprint density at radius 2 is 2.08 bits per heavy atom. The van der Waals surface area contributed by atoms with Crippen LogP contribution < -0.4 is 11.0 Å². The fraction of sp³-hybridized carbons (Fsp3) is 0.500. The third kappa shape index (κ3) is 4.54. The molecule has 2 aromatic rings. The Morgan fingerprint density at radius 1 is 1.36 bits per heavy atom. The number of aryl methyl sites for hydroxylation is 1. The standard InChI is InChI=1S/C18H26N4O2S/c1-6-10-22-17(24)20-21-18(22)25-13(5)16(23)19-15-12(4)8-7-9-14(15)11(2)3/h7-9,11,13H,6,10H2,1-5H3,(H,19,23)(H,20,24)/t13-/m1/s1. The van der Waals surface area contributed by atoms with Crippen molar-refractivity contribution in [2.45, 2.75) is 63.9 Å². The average molecular weight is 362 g/mol. The van der Waals surface area contributed by atoms with Gasteiger partial charge in [-0.2, -0.15) is 0 Å². The highest BCUT2D eigenvalue weighted by atomic mass is 32.2. The molecule has 136 valence electrons. The summed E-state index contributed by atoms with van der Waals surface area (Å²) in [6, 6.07) is 6.04. The van der Waals surface area contributed by atoms with E-state index in [1.54, 1.807) is 4.57 Å². The van der Waals surface area contributed by atoms with Crippen molar-refractivity contribution < 1.29 is 4.79 Å². The Morgan fingerprint density at radius 3 is 2.72 bits per heavy atom. The molecule has 6 nitrogen and oxygen atoms in total. The second-order valence-electron chi connectivity index (χ2n) is 6.41. The molecule has 0 spiro atoms. The summed E-state index contributed by atoms with van der Waals surface area (Å²) < 4.78 is 1.57. The molecule has 0 radical (unpaired) electrons. The highest BCUT2D eigenvalue weighted by Crippen LogP contribution is 2.29. The molecule has 1 aromatic heterocycles. The molecule has 0 aliphatic heterocycles. The van der Waals surface area contributed by atoms with Crippen molar-refractivity contribution in [2.24, 2.45) is 0 Å². The van der Waals surface area contributed by atoms with E-state index < -0.39 is 0 Å².